The molecule has 3 heteroatoms. The maximum Gasteiger partial charge on any atom is 0.0418 e. The van der Waals surface area contributed by atoms with E-state index in [4.69, 9.17) is 11.6 Å². The molecular weight excluding hydrogens is 268 g/mol. The lowest BCUT2D eigenvalue weighted by molar-refractivity contribution is 0.690. The maximum absolute atomic E-state index is 6.00. The number of hydrogen-bond acceptors (Lipinski definition) is 2. The second-order valence-electron chi connectivity index (χ2n) is 5.22. The number of rotatable bonds is 4. The Morgan fingerprint density at radius 2 is 2.00 bits per heavy atom. The number of aryl methyl sites for hydroxylation is 1. The van der Waals surface area contributed by atoms with Crippen molar-refractivity contribution in [3.05, 3.63) is 64.2 Å². The summed E-state index contributed by atoms with van der Waals surface area (Å²) < 4.78 is 0. The minimum absolute atomic E-state index is 0.794. The van der Waals surface area contributed by atoms with Gasteiger partial charge in [0.1, 0.15) is 0 Å². The van der Waals surface area contributed by atoms with Crippen molar-refractivity contribution in [2.75, 3.05) is 11.9 Å². The molecule has 104 valence electrons. The third-order valence-corrected chi connectivity index (χ3v) is 3.93. The topological polar surface area (TPSA) is 24.1 Å². The summed E-state index contributed by atoms with van der Waals surface area (Å²) in [5, 5.41) is 7.82. The molecule has 2 N–H and O–H groups in total. The van der Waals surface area contributed by atoms with E-state index in [1.54, 1.807) is 0 Å². The van der Waals surface area contributed by atoms with Gasteiger partial charge in [-0.05, 0) is 41.7 Å². The van der Waals surface area contributed by atoms with Crippen molar-refractivity contribution < 1.29 is 0 Å². The summed E-state index contributed by atoms with van der Waals surface area (Å²) in [6.45, 7) is 2.80. The Morgan fingerprint density at radius 3 is 2.90 bits per heavy atom. The van der Waals surface area contributed by atoms with Gasteiger partial charge in [-0.1, -0.05) is 41.9 Å². The van der Waals surface area contributed by atoms with E-state index in [1.165, 1.54) is 35.2 Å². The van der Waals surface area contributed by atoms with E-state index >= 15 is 0 Å². The SMILES string of the molecule is Clc1cccc(CNCc2cccc3c2NCCC3)c1. The summed E-state index contributed by atoms with van der Waals surface area (Å²) in [6.07, 6.45) is 2.41. The first-order valence-corrected chi connectivity index (χ1v) is 7.50. The summed E-state index contributed by atoms with van der Waals surface area (Å²) in [5.74, 6) is 0. The van der Waals surface area contributed by atoms with Gasteiger partial charge < -0.3 is 10.6 Å². The van der Waals surface area contributed by atoms with Crippen LogP contribution in [0.1, 0.15) is 23.1 Å². The Labute approximate surface area is 125 Å². The van der Waals surface area contributed by atoms with Crippen LogP contribution in [-0.4, -0.2) is 6.54 Å². The highest BCUT2D eigenvalue weighted by atomic mass is 35.5. The quantitative estimate of drug-likeness (QED) is 0.888. The summed E-state index contributed by atoms with van der Waals surface area (Å²) in [7, 11) is 0. The fourth-order valence-electron chi connectivity index (χ4n) is 2.72. The number of halogens is 1. The van der Waals surface area contributed by atoms with Gasteiger partial charge in [0.25, 0.3) is 0 Å². The van der Waals surface area contributed by atoms with Crippen molar-refractivity contribution in [3.8, 4) is 0 Å². The van der Waals surface area contributed by atoms with Gasteiger partial charge in [-0.15, -0.1) is 0 Å². The molecule has 0 aliphatic carbocycles. The number of benzene rings is 2. The van der Waals surface area contributed by atoms with Crippen LogP contribution in [0.25, 0.3) is 0 Å². The van der Waals surface area contributed by atoms with E-state index in [-0.39, 0.29) is 0 Å². The molecule has 0 saturated carbocycles. The molecule has 0 unspecified atom stereocenters. The third-order valence-electron chi connectivity index (χ3n) is 3.70. The summed E-state index contributed by atoms with van der Waals surface area (Å²) >= 11 is 6.00. The Hall–Kier alpha value is -1.51. The number of anilines is 1. The van der Waals surface area contributed by atoms with Gasteiger partial charge in [-0.25, -0.2) is 0 Å². The van der Waals surface area contributed by atoms with Crippen LogP contribution in [-0.2, 0) is 19.5 Å². The molecule has 0 amide bonds. The maximum atomic E-state index is 6.00. The summed E-state index contributed by atoms with van der Waals surface area (Å²) in [4.78, 5) is 0. The molecule has 1 aliphatic heterocycles. The van der Waals surface area contributed by atoms with Gasteiger partial charge in [0, 0.05) is 30.3 Å². The standard InChI is InChI=1S/C17H19ClN2/c18-16-8-1-4-13(10-16)11-19-12-15-6-2-5-14-7-3-9-20-17(14)15/h1-2,4-6,8,10,19-20H,3,7,9,11-12H2. The highest BCUT2D eigenvalue weighted by Crippen LogP contribution is 2.25. The molecule has 0 fully saturated rings. The minimum atomic E-state index is 0.794. The van der Waals surface area contributed by atoms with Crippen LogP contribution < -0.4 is 10.6 Å². The second kappa shape index (κ2) is 6.29. The Morgan fingerprint density at radius 1 is 1.10 bits per heavy atom. The van der Waals surface area contributed by atoms with Crippen molar-refractivity contribution in [2.24, 2.45) is 0 Å². The number of fused-ring (bicyclic) bond motifs is 1. The van der Waals surface area contributed by atoms with Crippen molar-refractivity contribution in [2.45, 2.75) is 25.9 Å². The molecule has 3 rings (SSSR count). The van der Waals surface area contributed by atoms with Gasteiger partial charge in [-0.2, -0.15) is 0 Å². The first-order valence-electron chi connectivity index (χ1n) is 7.13. The highest BCUT2D eigenvalue weighted by Gasteiger charge is 2.11. The zero-order valence-electron chi connectivity index (χ0n) is 11.5. The van der Waals surface area contributed by atoms with E-state index in [0.717, 1.165) is 24.7 Å². The van der Waals surface area contributed by atoms with Gasteiger partial charge >= 0.3 is 0 Å². The Balaban J connectivity index is 1.64. The number of nitrogens with one attached hydrogen (secondary N) is 2. The van der Waals surface area contributed by atoms with Crippen molar-refractivity contribution >= 4 is 17.3 Å². The summed E-state index contributed by atoms with van der Waals surface area (Å²) in [5.41, 5.74) is 5.34. The van der Waals surface area contributed by atoms with E-state index in [0.29, 0.717) is 0 Å². The largest absolute Gasteiger partial charge is 0.385 e. The van der Waals surface area contributed by atoms with E-state index < -0.39 is 0 Å². The normalized spacial score (nSPS) is 13.7. The molecule has 0 radical (unpaired) electrons. The zero-order valence-corrected chi connectivity index (χ0v) is 12.2. The molecule has 1 aliphatic rings. The van der Waals surface area contributed by atoms with Crippen LogP contribution in [0.15, 0.2) is 42.5 Å². The Kier molecular flexibility index (Phi) is 4.24. The second-order valence-corrected chi connectivity index (χ2v) is 5.65. The van der Waals surface area contributed by atoms with Gasteiger partial charge in [0.05, 0.1) is 0 Å². The Bertz CT molecular complexity index is 595. The van der Waals surface area contributed by atoms with E-state index in [1.807, 2.05) is 18.2 Å². The van der Waals surface area contributed by atoms with Crippen molar-refractivity contribution in [1.29, 1.82) is 0 Å². The zero-order chi connectivity index (χ0) is 13.8. The number of hydrogen-bond donors (Lipinski definition) is 2. The predicted octanol–water partition coefficient (Wildman–Crippen LogP) is 3.99. The lowest BCUT2D eigenvalue weighted by Gasteiger charge is -2.21. The fourth-order valence-corrected chi connectivity index (χ4v) is 2.93. The molecule has 2 aromatic carbocycles. The average Bonchev–Trinajstić information content (AvgIpc) is 2.48. The molecule has 1 heterocycles. The van der Waals surface area contributed by atoms with Crippen molar-refractivity contribution in [3.63, 3.8) is 0 Å². The third kappa shape index (κ3) is 3.14. The van der Waals surface area contributed by atoms with E-state index in [9.17, 15) is 0 Å². The molecule has 2 aromatic rings. The van der Waals surface area contributed by atoms with Crippen LogP contribution >= 0.6 is 11.6 Å². The van der Waals surface area contributed by atoms with Gasteiger partial charge in [0.2, 0.25) is 0 Å². The van der Waals surface area contributed by atoms with Crippen LogP contribution in [0.2, 0.25) is 5.02 Å². The van der Waals surface area contributed by atoms with Crippen molar-refractivity contribution in [1.82, 2.24) is 5.32 Å². The smallest absolute Gasteiger partial charge is 0.0418 e. The summed E-state index contributed by atoms with van der Waals surface area (Å²) in [6, 6.07) is 14.6. The van der Waals surface area contributed by atoms with Crippen LogP contribution in [0, 0.1) is 0 Å². The lowest BCUT2D eigenvalue weighted by atomic mass is 9.99. The predicted molar refractivity (Wildman–Crippen MR) is 85.2 cm³/mol. The molecule has 2 nitrogen and oxygen atoms in total. The van der Waals surface area contributed by atoms with Gasteiger partial charge in [0.15, 0.2) is 0 Å². The molecule has 0 aromatic heterocycles. The first kappa shape index (κ1) is 13.5. The molecule has 20 heavy (non-hydrogen) atoms. The fraction of sp³-hybridized carbons (Fsp3) is 0.294. The highest BCUT2D eigenvalue weighted by molar-refractivity contribution is 6.30. The molecule has 0 saturated heterocycles. The van der Waals surface area contributed by atoms with E-state index in [2.05, 4.69) is 34.9 Å². The van der Waals surface area contributed by atoms with Gasteiger partial charge in [-0.3, -0.25) is 0 Å². The molecule has 0 bridgehead atoms. The van der Waals surface area contributed by atoms with Crippen LogP contribution in [0.3, 0.4) is 0 Å². The minimum Gasteiger partial charge on any atom is -0.385 e. The van der Waals surface area contributed by atoms with Crippen LogP contribution in [0.4, 0.5) is 5.69 Å². The lowest BCUT2D eigenvalue weighted by Crippen LogP contribution is -2.18. The number of para-hydroxylation sites is 1. The first-order chi connectivity index (χ1) is 9.83. The monoisotopic (exact) mass is 286 g/mol. The molecule has 0 atom stereocenters. The van der Waals surface area contributed by atoms with Crippen LogP contribution in [0.5, 0.6) is 0 Å². The average molecular weight is 287 g/mol. The molecular formula is C17H19ClN2. The molecule has 0 spiro atoms.